The topological polar surface area (TPSA) is 173 Å². The van der Waals surface area contributed by atoms with Crippen LogP contribution in [0, 0.1) is 49.1 Å². The van der Waals surface area contributed by atoms with Crippen molar-refractivity contribution >= 4 is 55.2 Å². The van der Waals surface area contributed by atoms with Crippen LogP contribution in [0.4, 0.5) is 24.8 Å². The molecule has 4 N–H and O–H groups in total. The van der Waals surface area contributed by atoms with Crippen molar-refractivity contribution in [3.63, 3.8) is 0 Å². The summed E-state index contributed by atoms with van der Waals surface area (Å²) < 4.78 is 59.2. The molecule has 8 aliphatic heterocycles. The number of aryl methyl sites for hydroxylation is 1. The minimum Gasteiger partial charge on any atom is -0.508 e. The smallest absolute Gasteiger partial charge is 0.319 e. The number of piperazine rings is 2. The van der Waals surface area contributed by atoms with Crippen LogP contribution in [0.1, 0.15) is 93.7 Å². The predicted molar refractivity (Wildman–Crippen MR) is 325 cm³/mol. The first kappa shape index (κ1) is 54.6. The lowest BCUT2D eigenvalue weighted by atomic mass is 9.92. The van der Waals surface area contributed by atoms with Gasteiger partial charge >= 0.3 is 12.0 Å². The number of nitrogens with one attached hydrogen (secondary N) is 2. The van der Waals surface area contributed by atoms with Gasteiger partial charge in [-0.05, 0) is 174 Å². The molecule has 12 heterocycles. The fourth-order valence-corrected chi connectivity index (χ4v) is 16.0. The van der Waals surface area contributed by atoms with Crippen LogP contribution in [0.3, 0.4) is 0 Å². The highest BCUT2D eigenvalue weighted by Crippen LogP contribution is 2.45. The van der Waals surface area contributed by atoms with Gasteiger partial charge in [0, 0.05) is 84.6 Å². The zero-order valence-corrected chi connectivity index (χ0v) is 48.1. The van der Waals surface area contributed by atoms with Crippen molar-refractivity contribution in [1.82, 2.24) is 50.3 Å². The third kappa shape index (κ3) is 9.31. The molecule has 0 amide bonds. The van der Waals surface area contributed by atoms with E-state index in [1.807, 2.05) is 6.92 Å². The number of terminal acetylenes is 2. The van der Waals surface area contributed by atoms with Gasteiger partial charge < -0.3 is 40.1 Å². The Morgan fingerprint density at radius 3 is 1.43 bits per heavy atom. The van der Waals surface area contributed by atoms with E-state index in [1.54, 1.807) is 24.4 Å². The fraction of sp³-hybridized carbons (Fsp3) is 0.433. The SMILES string of the molecule is C#Cc1c(F)ccc2cc(O)cc(-c3cnc4c(N5CC6CCC(C5)N6)nc(OCC56CCCN5CCC6)nc4c3C)c12.C#Cc1c(F)ccc2cc(O)cc(-c3cnc4c(N5CC6CCC(C5)N6)nc(OCC56CCCN5CCC6)nc4c3F)c12. The second-order valence-electron chi connectivity index (χ2n) is 25.2. The first-order valence-corrected chi connectivity index (χ1v) is 30.5. The summed E-state index contributed by atoms with van der Waals surface area (Å²) in [5.41, 5.74) is 4.43. The van der Waals surface area contributed by atoms with Crippen molar-refractivity contribution < 1.29 is 32.9 Å². The number of hydrogen-bond acceptors (Lipinski definition) is 16. The Morgan fingerprint density at radius 2 is 0.977 bits per heavy atom. The number of rotatable bonds is 10. The van der Waals surface area contributed by atoms with E-state index in [1.165, 1.54) is 49.4 Å². The summed E-state index contributed by atoms with van der Waals surface area (Å²) in [5, 5.41) is 30.5. The van der Waals surface area contributed by atoms with Crippen molar-refractivity contribution in [2.45, 2.75) is 119 Å². The summed E-state index contributed by atoms with van der Waals surface area (Å²) in [6, 6.07) is 13.8. The molecule has 8 aromatic rings. The molecule has 8 aliphatic rings. The van der Waals surface area contributed by atoms with Gasteiger partial charge in [0.15, 0.2) is 17.5 Å². The summed E-state index contributed by atoms with van der Waals surface area (Å²) in [4.78, 5) is 38.6. The van der Waals surface area contributed by atoms with Crippen LogP contribution >= 0.6 is 0 Å². The number of phenolic OH excluding ortho intramolecular Hbond substituents is 2. The standard InChI is InChI=1S/C34H35FN6O2.C33H32F2N6O2/c1-3-25-28(35)9-6-21-14-24(42)15-26(29(21)25)27-16-36-31-30(20(27)2)38-33(43-19-34-10-4-12-41(34)13-5-11-34)39-32(31)40-17-22-7-8-23(18-40)37-22;1-2-23-26(34)8-5-19-13-22(42)14-24(27(19)23)25-15-36-30-29(28(25)35)38-32(43-18-33-9-3-11-41(33)12-4-10-33)39-31(30)40-16-20-6-7-21(17-40)37-20/h1,6,9,14-16,22-23,37,42H,4-5,7-8,10-13,17-19H2,2H3;1,5,8,13-15,20-21,37,42H,3-4,6-7,9-12,16-18H2. The number of pyridine rings is 2. The fourth-order valence-electron chi connectivity index (χ4n) is 16.0. The second-order valence-corrected chi connectivity index (χ2v) is 25.2. The Bertz CT molecular complexity index is 3860. The number of phenols is 2. The molecular weight excluding hydrogens is 1090 g/mol. The van der Waals surface area contributed by atoms with E-state index in [4.69, 9.17) is 47.2 Å². The van der Waals surface area contributed by atoms with E-state index < -0.39 is 17.5 Å². The van der Waals surface area contributed by atoms with Gasteiger partial charge in [-0.25, -0.2) is 18.2 Å². The average molecular weight is 1160 g/mol. The maximum atomic E-state index is 16.7. The first-order valence-electron chi connectivity index (χ1n) is 30.5. The van der Waals surface area contributed by atoms with Crippen LogP contribution < -0.4 is 29.9 Å². The maximum Gasteiger partial charge on any atom is 0.319 e. The number of nitrogens with zero attached hydrogens (tertiary/aromatic N) is 10. The lowest BCUT2D eigenvalue weighted by Gasteiger charge is -2.34. The Morgan fingerprint density at radius 1 is 0.558 bits per heavy atom. The number of ether oxygens (including phenoxy) is 2. The molecule has 8 saturated heterocycles. The Hall–Kier alpha value is -8.07. The number of fused-ring (bicyclic) bond motifs is 10. The van der Waals surface area contributed by atoms with Gasteiger partial charge in [0.1, 0.15) is 58.4 Å². The summed E-state index contributed by atoms with van der Waals surface area (Å²) >= 11 is 0. The number of hydrogen-bond donors (Lipinski definition) is 4. The number of benzene rings is 4. The van der Waals surface area contributed by atoms with Gasteiger partial charge in [0.2, 0.25) is 0 Å². The number of aromatic nitrogens is 6. The van der Waals surface area contributed by atoms with Gasteiger partial charge in [-0.1, -0.05) is 24.0 Å². The summed E-state index contributed by atoms with van der Waals surface area (Å²) in [7, 11) is 0. The highest BCUT2D eigenvalue weighted by atomic mass is 19.1. The molecular formula is C67H67F3N12O4. The molecule has 0 aliphatic carbocycles. The molecule has 4 bridgehead atoms. The Kier molecular flexibility index (Phi) is 13.6. The quantitative estimate of drug-likeness (QED) is 0.0953. The summed E-state index contributed by atoms with van der Waals surface area (Å²) in [6.45, 7) is 10.5. The Labute approximate surface area is 496 Å². The van der Waals surface area contributed by atoms with Crippen LogP contribution in [0.5, 0.6) is 23.5 Å². The van der Waals surface area contributed by atoms with Crippen LogP contribution in [0.15, 0.2) is 60.9 Å². The normalized spacial score (nSPS) is 22.8. The number of aromatic hydroxyl groups is 2. The largest absolute Gasteiger partial charge is 0.508 e. The van der Waals surface area contributed by atoms with Crippen LogP contribution in [-0.4, -0.2) is 151 Å². The van der Waals surface area contributed by atoms with Gasteiger partial charge in [0.25, 0.3) is 0 Å². The highest BCUT2D eigenvalue weighted by molar-refractivity contribution is 6.05. The van der Waals surface area contributed by atoms with Crippen molar-refractivity contribution in [2.24, 2.45) is 0 Å². The molecule has 19 heteroatoms. The lowest BCUT2D eigenvalue weighted by molar-refractivity contribution is 0.108. The molecule has 4 atom stereocenters. The van der Waals surface area contributed by atoms with E-state index in [0.717, 1.165) is 134 Å². The predicted octanol–water partition coefficient (Wildman–Crippen LogP) is 9.69. The molecule has 4 unspecified atom stereocenters. The van der Waals surface area contributed by atoms with Gasteiger partial charge in [-0.2, -0.15) is 19.9 Å². The third-order valence-electron chi connectivity index (χ3n) is 20.1. The van der Waals surface area contributed by atoms with Crippen molar-refractivity contribution in [2.75, 3.05) is 75.4 Å². The van der Waals surface area contributed by atoms with Crippen molar-refractivity contribution in [3.05, 3.63) is 95.1 Å². The van der Waals surface area contributed by atoms with Crippen LogP contribution in [0.2, 0.25) is 0 Å². The van der Waals surface area contributed by atoms with Gasteiger partial charge in [-0.15, -0.1) is 12.8 Å². The number of anilines is 2. The monoisotopic (exact) mass is 1160 g/mol. The lowest BCUT2D eigenvalue weighted by Crippen LogP contribution is -2.51. The molecule has 4 aromatic heterocycles. The zero-order valence-electron chi connectivity index (χ0n) is 48.1. The van der Waals surface area contributed by atoms with Crippen LogP contribution in [0.25, 0.3) is 65.9 Å². The molecule has 16 rings (SSSR count). The van der Waals surface area contributed by atoms with Crippen molar-refractivity contribution in [1.29, 1.82) is 0 Å². The molecule has 16 nitrogen and oxygen atoms in total. The second kappa shape index (κ2) is 21.4. The molecule has 0 saturated carbocycles. The van der Waals surface area contributed by atoms with E-state index in [9.17, 15) is 19.0 Å². The average Bonchev–Trinajstić information content (AvgIpc) is 1.54. The van der Waals surface area contributed by atoms with E-state index in [0.29, 0.717) is 92.9 Å². The highest BCUT2D eigenvalue weighted by Gasteiger charge is 2.47. The summed E-state index contributed by atoms with van der Waals surface area (Å²) in [6.07, 6.45) is 28.2. The molecule has 4 aromatic carbocycles. The maximum absolute atomic E-state index is 16.7. The minimum atomic E-state index is -0.655. The summed E-state index contributed by atoms with van der Waals surface area (Å²) in [5.74, 6) is 4.49. The third-order valence-corrected chi connectivity index (χ3v) is 20.1. The van der Waals surface area contributed by atoms with Crippen LogP contribution in [-0.2, 0) is 0 Å². The first-order chi connectivity index (χ1) is 41.8. The minimum absolute atomic E-state index is 0.00683. The van der Waals surface area contributed by atoms with E-state index >= 15 is 4.39 Å². The van der Waals surface area contributed by atoms with Gasteiger partial charge in [-0.3, -0.25) is 14.8 Å². The van der Waals surface area contributed by atoms with E-state index in [2.05, 4.69) is 47.1 Å². The van der Waals surface area contributed by atoms with E-state index in [-0.39, 0.29) is 56.4 Å². The van der Waals surface area contributed by atoms with Gasteiger partial charge in [0.05, 0.1) is 22.2 Å². The molecule has 440 valence electrons. The zero-order chi connectivity index (χ0) is 58.6. The number of halogens is 3. The molecule has 0 radical (unpaired) electrons. The van der Waals surface area contributed by atoms with Crippen molar-refractivity contribution in [3.8, 4) is 70.5 Å². The molecule has 86 heavy (non-hydrogen) atoms. The Balaban J connectivity index is 0.000000145. The molecule has 0 spiro atoms. The molecule has 8 fully saturated rings.